The van der Waals surface area contributed by atoms with E-state index in [4.69, 9.17) is 0 Å². The predicted molar refractivity (Wildman–Crippen MR) is 74.3 cm³/mol. The van der Waals surface area contributed by atoms with E-state index in [2.05, 4.69) is 31.5 Å². The molecule has 0 unspecified atom stereocenters. The summed E-state index contributed by atoms with van der Waals surface area (Å²) >= 11 is 1.94. The van der Waals surface area contributed by atoms with Gasteiger partial charge in [0.1, 0.15) is 0 Å². The normalized spacial score (nSPS) is 10.9. The number of thiophene rings is 1. The molecule has 0 bridgehead atoms. The van der Waals surface area contributed by atoms with E-state index in [-0.39, 0.29) is 0 Å². The van der Waals surface area contributed by atoms with Crippen molar-refractivity contribution < 1.29 is 0 Å². The Kier molecular flexibility index (Phi) is 6.74. The van der Waals surface area contributed by atoms with Gasteiger partial charge in [0, 0.05) is 11.4 Å². The Balaban J connectivity index is 2.38. The molecule has 1 aromatic heterocycles. The molecule has 1 N–H and O–H groups in total. The van der Waals surface area contributed by atoms with Crippen molar-refractivity contribution in [2.45, 2.75) is 59.4 Å². The number of hydrogen-bond acceptors (Lipinski definition) is 2. The van der Waals surface area contributed by atoms with Crippen LogP contribution in [0.2, 0.25) is 0 Å². The second-order valence-corrected chi connectivity index (χ2v) is 5.36. The number of hydrogen-bond donors (Lipinski definition) is 1. The monoisotopic (exact) mass is 239 g/mol. The van der Waals surface area contributed by atoms with Crippen molar-refractivity contribution >= 4 is 11.3 Å². The lowest BCUT2D eigenvalue weighted by atomic mass is 10.1. The average Bonchev–Trinajstić information content (AvgIpc) is 2.64. The van der Waals surface area contributed by atoms with Crippen LogP contribution in [0, 0.1) is 6.92 Å². The molecule has 0 aliphatic rings. The molecule has 0 radical (unpaired) electrons. The van der Waals surface area contributed by atoms with Crippen molar-refractivity contribution in [1.29, 1.82) is 0 Å². The first-order chi connectivity index (χ1) is 7.79. The van der Waals surface area contributed by atoms with Gasteiger partial charge < -0.3 is 5.32 Å². The van der Waals surface area contributed by atoms with Gasteiger partial charge >= 0.3 is 0 Å². The van der Waals surface area contributed by atoms with Gasteiger partial charge in [-0.05, 0) is 42.8 Å². The molecular formula is C14H25NS. The third-order valence-corrected chi connectivity index (χ3v) is 4.26. The Hall–Kier alpha value is -0.340. The van der Waals surface area contributed by atoms with Gasteiger partial charge in [-0.25, -0.2) is 0 Å². The summed E-state index contributed by atoms with van der Waals surface area (Å²) in [5.74, 6) is 0. The maximum atomic E-state index is 3.40. The highest BCUT2D eigenvalue weighted by Gasteiger charge is 2.06. The zero-order valence-electron chi connectivity index (χ0n) is 10.9. The number of aryl methyl sites for hydroxylation is 1. The fourth-order valence-corrected chi connectivity index (χ4v) is 3.01. The molecule has 0 aliphatic heterocycles. The van der Waals surface area contributed by atoms with E-state index in [0.717, 1.165) is 13.1 Å². The second kappa shape index (κ2) is 7.86. The topological polar surface area (TPSA) is 12.0 Å². The fraction of sp³-hybridized carbons (Fsp3) is 0.714. The van der Waals surface area contributed by atoms with E-state index in [0.29, 0.717) is 0 Å². The van der Waals surface area contributed by atoms with Crippen molar-refractivity contribution in [2.24, 2.45) is 0 Å². The Morgan fingerprint density at radius 1 is 1.19 bits per heavy atom. The van der Waals surface area contributed by atoms with Gasteiger partial charge in [0.2, 0.25) is 0 Å². The van der Waals surface area contributed by atoms with Crippen molar-refractivity contribution in [3.05, 3.63) is 21.4 Å². The highest BCUT2D eigenvalue weighted by Crippen LogP contribution is 2.23. The van der Waals surface area contributed by atoms with Crippen LogP contribution in [0.5, 0.6) is 0 Å². The van der Waals surface area contributed by atoms with Gasteiger partial charge in [-0.3, -0.25) is 0 Å². The van der Waals surface area contributed by atoms with Gasteiger partial charge in [0.05, 0.1) is 0 Å². The van der Waals surface area contributed by atoms with Crippen LogP contribution >= 0.6 is 11.3 Å². The van der Waals surface area contributed by atoms with Gasteiger partial charge in [0.25, 0.3) is 0 Å². The van der Waals surface area contributed by atoms with Crippen molar-refractivity contribution in [2.75, 3.05) is 6.54 Å². The first-order valence-corrected chi connectivity index (χ1v) is 7.44. The van der Waals surface area contributed by atoms with E-state index in [1.807, 2.05) is 11.3 Å². The second-order valence-electron chi connectivity index (χ2n) is 4.40. The third-order valence-electron chi connectivity index (χ3n) is 3.07. The van der Waals surface area contributed by atoms with Crippen LogP contribution in [-0.4, -0.2) is 6.54 Å². The highest BCUT2D eigenvalue weighted by molar-refractivity contribution is 7.10. The first-order valence-electron chi connectivity index (χ1n) is 6.56. The highest BCUT2D eigenvalue weighted by atomic mass is 32.1. The lowest BCUT2D eigenvalue weighted by molar-refractivity contribution is 0.668. The maximum absolute atomic E-state index is 3.40. The molecule has 0 atom stereocenters. The van der Waals surface area contributed by atoms with E-state index in [9.17, 15) is 0 Å². The van der Waals surface area contributed by atoms with Crippen molar-refractivity contribution in [3.63, 3.8) is 0 Å². The SMILES string of the molecule is CCCCCCc1scc(CNCC)c1C. The molecule has 0 aliphatic carbocycles. The van der Waals surface area contributed by atoms with E-state index < -0.39 is 0 Å². The summed E-state index contributed by atoms with van der Waals surface area (Å²) in [5, 5.41) is 5.73. The van der Waals surface area contributed by atoms with Gasteiger partial charge in [-0.2, -0.15) is 0 Å². The lowest BCUT2D eigenvalue weighted by Gasteiger charge is -2.03. The minimum atomic E-state index is 1.04. The van der Waals surface area contributed by atoms with Crippen LogP contribution < -0.4 is 5.32 Å². The zero-order valence-corrected chi connectivity index (χ0v) is 11.8. The van der Waals surface area contributed by atoms with Crippen LogP contribution in [0.25, 0.3) is 0 Å². The zero-order chi connectivity index (χ0) is 11.8. The molecule has 0 fully saturated rings. The standard InChI is InChI=1S/C14H25NS/c1-4-6-7-8-9-14-12(3)13(11-16-14)10-15-5-2/h11,15H,4-10H2,1-3H3. The summed E-state index contributed by atoms with van der Waals surface area (Å²) in [5.41, 5.74) is 3.03. The molecule has 2 heteroatoms. The summed E-state index contributed by atoms with van der Waals surface area (Å²) in [6.45, 7) is 8.80. The molecular weight excluding hydrogens is 214 g/mol. The van der Waals surface area contributed by atoms with Crippen LogP contribution in [0.4, 0.5) is 0 Å². The minimum Gasteiger partial charge on any atom is -0.313 e. The third kappa shape index (κ3) is 4.26. The molecule has 92 valence electrons. The Labute approximate surface area is 104 Å². The minimum absolute atomic E-state index is 1.04. The van der Waals surface area contributed by atoms with Crippen LogP contribution in [0.3, 0.4) is 0 Å². The van der Waals surface area contributed by atoms with Crippen LogP contribution in [0.1, 0.15) is 55.5 Å². The quantitative estimate of drug-likeness (QED) is 0.667. The maximum Gasteiger partial charge on any atom is 0.0216 e. The summed E-state index contributed by atoms with van der Waals surface area (Å²) in [7, 11) is 0. The predicted octanol–water partition coefficient (Wildman–Crippen LogP) is 4.29. The van der Waals surface area contributed by atoms with Crippen LogP contribution in [-0.2, 0) is 13.0 Å². The number of nitrogens with one attached hydrogen (secondary N) is 1. The molecule has 0 spiro atoms. The summed E-state index contributed by atoms with van der Waals surface area (Å²) < 4.78 is 0. The molecule has 1 heterocycles. The largest absolute Gasteiger partial charge is 0.313 e. The molecule has 1 rings (SSSR count). The molecule has 1 aromatic rings. The molecule has 0 saturated carbocycles. The Morgan fingerprint density at radius 3 is 2.69 bits per heavy atom. The first kappa shape index (κ1) is 13.7. The Morgan fingerprint density at radius 2 is 2.00 bits per heavy atom. The van der Waals surface area contributed by atoms with E-state index >= 15 is 0 Å². The summed E-state index contributed by atoms with van der Waals surface area (Å²) in [6.07, 6.45) is 6.73. The van der Waals surface area contributed by atoms with E-state index in [1.165, 1.54) is 43.2 Å². The van der Waals surface area contributed by atoms with Gasteiger partial charge in [-0.15, -0.1) is 11.3 Å². The summed E-state index contributed by atoms with van der Waals surface area (Å²) in [6, 6.07) is 0. The molecule has 16 heavy (non-hydrogen) atoms. The average molecular weight is 239 g/mol. The smallest absolute Gasteiger partial charge is 0.0216 e. The van der Waals surface area contributed by atoms with Gasteiger partial charge in [-0.1, -0.05) is 33.1 Å². The molecule has 1 nitrogen and oxygen atoms in total. The molecule has 0 amide bonds. The van der Waals surface area contributed by atoms with Crippen LogP contribution in [0.15, 0.2) is 5.38 Å². The Bertz CT molecular complexity index is 291. The number of unbranched alkanes of at least 4 members (excludes halogenated alkanes) is 3. The van der Waals surface area contributed by atoms with Crippen molar-refractivity contribution in [1.82, 2.24) is 5.32 Å². The lowest BCUT2D eigenvalue weighted by Crippen LogP contribution is -2.11. The number of rotatable bonds is 8. The fourth-order valence-electron chi connectivity index (χ4n) is 1.89. The van der Waals surface area contributed by atoms with Crippen molar-refractivity contribution in [3.8, 4) is 0 Å². The molecule has 0 saturated heterocycles. The van der Waals surface area contributed by atoms with Gasteiger partial charge in [0.15, 0.2) is 0 Å². The summed E-state index contributed by atoms with van der Waals surface area (Å²) in [4.78, 5) is 1.60. The van der Waals surface area contributed by atoms with E-state index in [1.54, 1.807) is 4.88 Å². The molecule has 0 aromatic carbocycles.